The van der Waals surface area contributed by atoms with Crippen LogP contribution in [0.3, 0.4) is 0 Å². The van der Waals surface area contributed by atoms with Gasteiger partial charge in [0.2, 0.25) is 0 Å². The highest BCUT2D eigenvalue weighted by Crippen LogP contribution is 2.27. The zero-order chi connectivity index (χ0) is 15.1. The Labute approximate surface area is 129 Å². The molecule has 1 heterocycles. The van der Waals surface area contributed by atoms with Crippen LogP contribution >= 0.6 is 0 Å². The van der Waals surface area contributed by atoms with Crippen molar-refractivity contribution < 1.29 is 4.74 Å². The van der Waals surface area contributed by atoms with Gasteiger partial charge in [-0.1, -0.05) is 25.1 Å². The van der Waals surface area contributed by atoms with Crippen molar-refractivity contribution in [1.82, 2.24) is 5.32 Å². The molecule has 0 aliphatic carbocycles. The molecule has 0 bridgehead atoms. The predicted octanol–water partition coefficient (Wildman–Crippen LogP) is 3.61. The molecule has 0 amide bonds. The van der Waals surface area contributed by atoms with Gasteiger partial charge >= 0.3 is 0 Å². The van der Waals surface area contributed by atoms with Gasteiger partial charge in [0, 0.05) is 31.9 Å². The summed E-state index contributed by atoms with van der Waals surface area (Å²) >= 11 is 0. The Morgan fingerprint density at radius 3 is 2.90 bits per heavy atom. The molecule has 1 fully saturated rings. The molecule has 1 aliphatic heterocycles. The van der Waals surface area contributed by atoms with Crippen LogP contribution in [0.25, 0.3) is 0 Å². The van der Waals surface area contributed by atoms with Gasteiger partial charge in [-0.2, -0.15) is 0 Å². The Morgan fingerprint density at radius 2 is 2.19 bits per heavy atom. The maximum atomic E-state index is 5.61. The van der Waals surface area contributed by atoms with Crippen LogP contribution in [-0.4, -0.2) is 33.4 Å². The molecule has 118 valence electrons. The highest BCUT2D eigenvalue weighted by molar-refractivity contribution is 5.54. The monoisotopic (exact) mass is 290 g/mol. The molecule has 2 unspecified atom stereocenters. The molecule has 1 aromatic carbocycles. The highest BCUT2D eigenvalue weighted by atomic mass is 16.5. The molecular weight excluding hydrogens is 260 g/mol. The van der Waals surface area contributed by atoms with Crippen molar-refractivity contribution in [2.24, 2.45) is 5.92 Å². The lowest BCUT2D eigenvalue weighted by molar-refractivity contribution is 0.0576. The first kappa shape index (κ1) is 16.3. The van der Waals surface area contributed by atoms with Gasteiger partial charge in [-0.3, -0.25) is 0 Å². The van der Waals surface area contributed by atoms with E-state index in [4.69, 9.17) is 4.74 Å². The van der Waals surface area contributed by atoms with Crippen molar-refractivity contribution in [2.75, 3.05) is 38.3 Å². The molecule has 0 spiro atoms. The maximum absolute atomic E-state index is 5.61. The summed E-state index contributed by atoms with van der Waals surface area (Å²) in [7, 11) is 2.21. The van der Waals surface area contributed by atoms with Crippen molar-refractivity contribution in [3.63, 3.8) is 0 Å². The van der Waals surface area contributed by atoms with Crippen LogP contribution in [-0.2, 0) is 4.74 Å². The Morgan fingerprint density at radius 1 is 1.38 bits per heavy atom. The highest BCUT2D eigenvalue weighted by Gasteiger charge is 2.18. The van der Waals surface area contributed by atoms with Gasteiger partial charge in [-0.15, -0.1) is 0 Å². The van der Waals surface area contributed by atoms with Crippen LogP contribution in [0, 0.1) is 5.92 Å². The first-order valence-electron chi connectivity index (χ1n) is 8.33. The number of hydrogen-bond acceptors (Lipinski definition) is 3. The van der Waals surface area contributed by atoms with Gasteiger partial charge in [0.15, 0.2) is 0 Å². The van der Waals surface area contributed by atoms with Crippen LogP contribution in [0.15, 0.2) is 24.3 Å². The van der Waals surface area contributed by atoms with Crippen molar-refractivity contribution in [3.8, 4) is 0 Å². The van der Waals surface area contributed by atoms with E-state index in [0.717, 1.165) is 26.3 Å². The van der Waals surface area contributed by atoms with Crippen LogP contribution in [0.2, 0.25) is 0 Å². The number of ether oxygens (including phenoxy) is 1. The molecule has 21 heavy (non-hydrogen) atoms. The first-order valence-corrected chi connectivity index (χ1v) is 8.33. The van der Waals surface area contributed by atoms with Crippen LogP contribution in [0.1, 0.15) is 44.7 Å². The SMILES string of the molecule is CCCNC(C)c1ccccc1N(C)CC1CCCOC1. The summed E-state index contributed by atoms with van der Waals surface area (Å²) in [5, 5.41) is 3.60. The summed E-state index contributed by atoms with van der Waals surface area (Å²) < 4.78 is 5.61. The van der Waals surface area contributed by atoms with Gasteiger partial charge in [0.1, 0.15) is 0 Å². The third kappa shape index (κ3) is 4.72. The Balaban J connectivity index is 2.03. The summed E-state index contributed by atoms with van der Waals surface area (Å²) in [6, 6.07) is 9.16. The molecule has 2 atom stereocenters. The number of benzene rings is 1. The maximum Gasteiger partial charge on any atom is 0.0511 e. The van der Waals surface area contributed by atoms with Crippen LogP contribution in [0.5, 0.6) is 0 Å². The fourth-order valence-electron chi connectivity index (χ4n) is 3.11. The molecule has 0 radical (unpaired) electrons. The third-order valence-electron chi connectivity index (χ3n) is 4.30. The topological polar surface area (TPSA) is 24.5 Å². The molecule has 3 nitrogen and oxygen atoms in total. The molecule has 1 saturated heterocycles. The van der Waals surface area contributed by atoms with Crippen molar-refractivity contribution >= 4 is 5.69 Å². The molecule has 2 rings (SSSR count). The molecule has 0 saturated carbocycles. The summed E-state index contributed by atoms with van der Waals surface area (Å²) in [6.07, 6.45) is 3.66. The van der Waals surface area contributed by atoms with Gasteiger partial charge in [0.25, 0.3) is 0 Å². The summed E-state index contributed by atoms with van der Waals surface area (Å²) in [4.78, 5) is 2.40. The largest absolute Gasteiger partial charge is 0.381 e. The average molecular weight is 290 g/mol. The Hall–Kier alpha value is -1.06. The molecule has 1 aliphatic rings. The smallest absolute Gasteiger partial charge is 0.0511 e. The van der Waals surface area contributed by atoms with Crippen molar-refractivity contribution in [2.45, 2.75) is 39.2 Å². The van der Waals surface area contributed by atoms with Gasteiger partial charge in [0.05, 0.1) is 6.61 Å². The van der Waals surface area contributed by atoms with Crippen molar-refractivity contribution in [3.05, 3.63) is 29.8 Å². The second-order valence-corrected chi connectivity index (χ2v) is 6.20. The lowest BCUT2D eigenvalue weighted by Gasteiger charge is -2.31. The number of rotatable bonds is 7. The van der Waals surface area contributed by atoms with E-state index in [0.29, 0.717) is 12.0 Å². The van der Waals surface area contributed by atoms with Crippen molar-refractivity contribution in [1.29, 1.82) is 0 Å². The van der Waals surface area contributed by atoms with Gasteiger partial charge in [-0.05, 0) is 50.3 Å². The number of hydrogen-bond donors (Lipinski definition) is 1. The quantitative estimate of drug-likeness (QED) is 0.830. The normalized spacial score (nSPS) is 20.2. The molecule has 0 aromatic heterocycles. The zero-order valence-electron chi connectivity index (χ0n) is 13.8. The van der Waals surface area contributed by atoms with E-state index in [9.17, 15) is 0 Å². The second kappa shape index (κ2) is 8.40. The third-order valence-corrected chi connectivity index (χ3v) is 4.30. The summed E-state index contributed by atoms with van der Waals surface area (Å²) in [6.45, 7) is 8.46. The number of para-hydroxylation sites is 1. The van der Waals surface area contributed by atoms with Gasteiger partial charge < -0.3 is 15.0 Å². The summed E-state index contributed by atoms with van der Waals surface area (Å²) in [5.74, 6) is 0.663. The van der Waals surface area contributed by atoms with E-state index in [2.05, 4.69) is 55.4 Å². The van der Waals surface area contributed by atoms with E-state index >= 15 is 0 Å². The minimum absolute atomic E-state index is 0.395. The number of anilines is 1. The van der Waals surface area contributed by atoms with E-state index in [1.807, 2.05) is 0 Å². The molecule has 1 aromatic rings. The number of nitrogens with one attached hydrogen (secondary N) is 1. The van der Waals surface area contributed by atoms with Crippen LogP contribution in [0.4, 0.5) is 5.69 Å². The Kier molecular flexibility index (Phi) is 6.52. The predicted molar refractivity (Wildman–Crippen MR) is 90.0 cm³/mol. The summed E-state index contributed by atoms with van der Waals surface area (Å²) in [5.41, 5.74) is 2.74. The molecule has 1 N–H and O–H groups in total. The average Bonchev–Trinajstić information content (AvgIpc) is 2.53. The standard InChI is InChI=1S/C18H30N2O/c1-4-11-19-15(2)17-9-5-6-10-18(17)20(3)13-16-8-7-12-21-14-16/h5-6,9-10,15-16,19H,4,7-8,11-14H2,1-3H3. The fourth-order valence-corrected chi connectivity index (χ4v) is 3.11. The number of nitrogens with zero attached hydrogens (tertiary/aromatic N) is 1. The van der Waals surface area contributed by atoms with E-state index < -0.39 is 0 Å². The van der Waals surface area contributed by atoms with Crippen LogP contribution < -0.4 is 10.2 Å². The zero-order valence-corrected chi connectivity index (χ0v) is 13.8. The molecular formula is C18H30N2O. The minimum atomic E-state index is 0.395. The Bertz CT molecular complexity index is 415. The molecule has 3 heteroatoms. The van der Waals surface area contributed by atoms with E-state index in [-0.39, 0.29) is 0 Å². The first-order chi connectivity index (χ1) is 10.2. The fraction of sp³-hybridized carbons (Fsp3) is 0.667. The lowest BCUT2D eigenvalue weighted by Crippen LogP contribution is -2.32. The van der Waals surface area contributed by atoms with E-state index in [1.54, 1.807) is 0 Å². The lowest BCUT2D eigenvalue weighted by atomic mass is 10.00. The minimum Gasteiger partial charge on any atom is -0.381 e. The van der Waals surface area contributed by atoms with E-state index in [1.165, 1.54) is 30.5 Å². The second-order valence-electron chi connectivity index (χ2n) is 6.20. The van der Waals surface area contributed by atoms with Gasteiger partial charge in [-0.25, -0.2) is 0 Å².